The molecule has 5 nitrogen and oxygen atoms in total. The molecular weight excluding hydrogens is 224 g/mol. The Morgan fingerprint density at radius 3 is 2.47 bits per heavy atom. The average molecular weight is 238 g/mol. The van der Waals surface area contributed by atoms with Crippen molar-refractivity contribution < 1.29 is 24.5 Å². The molecule has 0 aliphatic rings. The van der Waals surface area contributed by atoms with Gasteiger partial charge in [-0.1, -0.05) is 30.3 Å². The Bertz CT molecular complexity index is 374. The Hall–Kier alpha value is -1.72. The molecule has 0 aliphatic carbocycles. The number of hydrogen-bond acceptors (Lipinski definition) is 5. The maximum Gasteiger partial charge on any atom is 0.375 e. The van der Waals surface area contributed by atoms with Gasteiger partial charge in [-0.2, -0.15) is 0 Å². The first-order valence-corrected chi connectivity index (χ1v) is 5.16. The van der Waals surface area contributed by atoms with Gasteiger partial charge in [0.2, 0.25) is 5.78 Å². The monoisotopic (exact) mass is 238 g/mol. The Morgan fingerprint density at radius 2 is 1.88 bits per heavy atom. The predicted molar refractivity (Wildman–Crippen MR) is 59.2 cm³/mol. The zero-order chi connectivity index (χ0) is 12.7. The van der Waals surface area contributed by atoms with Gasteiger partial charge >= 0.3 is 5.97 Å². The molecule has 2 N–H and O–H groups in total. The maximum atomic E-state index is 11.4. The summed E-state index contributed by atoms with van der Waals surface area (Å²) in [5, 5.41) is 17.4. The minimum atomic E-state index is -1.15. The van der Waals surface area contributed by atoms with Gasteiger partial charge in [0.15, 0.2) is 0 Å². The van der Waals surface area contributed by atoms with Gasteiger partial charge in [-0.3, -0.25) is 4.79 Å². The van der Waals surface area contributed by atoms with Crippen molar-refractivity contribution in [1.29, 1.82) is 0 Å². The van der Waals surface area contributed by atoms with Crippen LogP contribution < -0.4 is 0 Å². The number of ether oxygens (including phenoxy) is 1. The molecule has 0 aromatic heterocycles. The highest BCUT2D eigenvalue weighted by Crippen LogP contribution is 2.01. The van der Waals surface area contributed by atoms with Gasteiger partial charge < -0.3 is 14.9 Å². The van der Waals surface area contributed by atoms with Crippen molar-refractivity contribution >= 4 is 11.8 Å². The second kappa shape index (κ2) is 6.78. The SMILES string of the molecule is O=C(Cc1ccccc1)C(=O)OCC(O)CO. The van der Waals surface area contributed by atoms with Crippen LogP contribution >= 0.6 is 0 Å². The first-order valence-electron chi connectivity index (χ1n) is 5.16. The Kier molecular flexibility index (Phi) is 5.32. The quantitative estimate of drug-likeness (QED) is 0.525. The predicted octanol–water partition coefficient (Wildman–Crippen LogP) is -0.305. The average Bonchev–Trinajstić information content (AvgIpc) is 2.36. The highest BCUT2D eigenvalue weighted by molar-refractivity contribution is 6.34. The van der Waals surface area contributed by atoms with Gasteiger partial charge in [0, 0.05) is 6.42 Å². The fourth-order valence-corrected chi connectivity index (χ4v) is 1.16. The Balaban J connectivity index is 2.40. The summed E-state index contributed by atoms with van der Waals surface area (Å²) >= 11 is 0. The summed E-state index contributed by atoms with van der Waals surface area (Å²) in [6.45, 7) is -0.893. The molecule has 0 bridgehead atoms. The van der Waals surface area contributed by atoms with E-state index in [9.17, 15) is 9.59 Å². The molecule has 17 heavy (non-hydrogen) atoms. The summed E-state index contributed by atoms with van der Waals surface area (Å²) < 4.78 is 4.53. The van der Waals surface area contributed by atoms with Crippen LogP contribution in [0.25, 0.3) is 0 Å². The van der Waals surface area contributed by atoms with Gasteiger partial charge in [-0.25, -0.2) is 4.79 Å². The molecule has 1 aromatic rings. The number of carbonyl (C=O) groups is 2. The minimum absolute atomic E-state index is 0.0328. The van der Waals surface area contributed by atoms with Crippen molar-refractivity contribution in [2.24, 2.45) is 0 Å². The lowest BCUT2D eigenvalue weighted by Gasteiger charge is -2.07. The molecule has 92 valence electrons. The number of carbonyl (C=O) groups excluding carboxylic acids is 2. The van der Waals surface area contributed by atoms with Gasteiger partial charge in [0.25, 0.3) is 0 Å². The first kappa shape index (κ1) is 13.3. The summed E-state index contributed by atoms with van der Waals surface area (Å²) in [6, 6.07) is 8.80. The molecule has 0 heterocycles. The highest BCUT2D eigenvalue weighted by atomic mass is 16.5. The van der Waals surface area contributed by atoms with Crippen molar-refractivity contribution in [2.75, 3.05) is 13.2 Å². The molecule has 0 spiro atoms. The zero-order valence-corrected chi connectivity index (χ0v) is 9.20. The van der Waals surface area contributed by atoms with E-state index in [1.54, 1.807) is 24.3 Å². The third-order valence-corrected chi connectivity index (χ3v) is 2.05. The van der Waals surface area contributed by atoms with Gasteiger partial charge in [0.1, 0.15) is 12.7 Å². The standard InChI is InChI=1S/C12H14O5/c13-7-10(14)8-17-12(16)11(15)6-9-4-2-1-3-5-9/h1-5,10,13-14H,6-8H2. The Labute approximate surface area is 98.6 Å². The molecule has 1 unspecified atom stereocenters. The Morgan fingerprint density at radius 1 is 1.24 bits per heavy atom. The number of rotatable bonds is 6. The van der Waals surface area contributed by atoms with Gasteiger partial charge in [0.05, 0.1) is 6.61 Å². The second-order valence-electron chi connectivity index (χ2n) is 3.52. The number of esters is 1. The maximum absolute atomic E-state index is 11.4. The van der Waals surface area contributed by atoms with E-state index in [0.717, 1.165) is 5.56 Å². The number of aliphatic hydroxyl groups is 2. The van der Waals surface area contributed by atoms with E-state index in [4.69, 9.17) is 10.2 Å². The van der Waals surface area contributed by atoms with Crippen LogP contribution in [0.15, 0.2) is 30.3 Å². The summed E-state index contributed by atoms with van der Waals surface area (Å²) in [5.41, 5.74) is 0.720. The number of ketones is 1. The molecule has 0 saturated carbocycles. The van der Waals surface area contributed by atoms with Crippen molar-refractivity contribution in [3.63, 3.8) is 0 Å². The largest absolute Gasteiger partial charge is 0.457 e. The normalized spacial score (nSPS) is 11.9. The molecule has 0 amide bonds. The molecule has 0 radical (unpaired) electrons. The molecule has 1 atom stereocenters. The van der Waals surface area contributed by atoms with E-state index < -0.39 is 24.5 Å². The lowest BCUT2D eigenvalue weighted by atomic mass is 10.1. The van der Waals surface area contributed by atoms with Crippen LogP contribution in [0.3, 0.4) is 0 Å². The summed E-state index contributed by atoms with van der Waals surface area (Å²) in [4.78, 5) is 22.6. The van der Waals surface area contributed by atoms with E-state index >= 15 is 0 Å². The lowest BCUT2D eigenvalue weighted by molar-refractivity contribution is -0.156. The van der Waals surface area contributed by atoms with Crippen molar-refractivity contribution in [2.45, 2.75) is 12.5 Å². The molecule has 0 fully saturated rings. The van der Waals surface area contributed by atoms with Gasteiger partial charge in [-0.15, -0.1) is 0 Å². The molecule has 1 rings (SSSR count). The lowest BCUT2D eigenvalue weighted by Crippen LogP contribution is -2.26. The third-order valence-electron chi connectivity index (χ3n) is 2.05. The summed E-state index contributed by atoms with van der Waals surface area (Å²) in [5.74, 6) is -1.68. The minimum Gasteiger partial charge on any atom is -0.457 e. The van der Waals surface area contributed by atoms with Crippen molar-refractivity contribution in [3.8, 4) is 0 Å². The van der Waals surface area contributed by atoms with Crippen LogP contribution in [-0.2, 0) is 20.7 Å². The highest BCUT2D eigenvalue weighted by Gasteiger charge is 2.17. The molecule has 5 heteroatoms. The topological polar surface area (TPSA) is 83.8 Å². The fourth-order valence-electron chi connectivity index (χ4n) is 1.16. The van der Waals surface area contributed by atoms with Crippen LogP contribution in [0.2, 0.25) is 0 Å². The summed E-state index contributed by atoms with van der Waals surface area (Å²) in [7, 11) is 0. The van der Waals surface area contributed by atoms with E-state index in [0.29, 0.717) is 0 Å². The van der Waals surface area contributed by atoms with Crippen LogP contribution in [0.5, 0.6) is 0 Å². The number of hydrogen-bond donors (Lipinski definition) is 2. The molecule has 0 aliphatic heterocycles. The smallest absolute Gasteiger partial charge is 0.375 e. The van der Waals surface area contributed by atoms with E-state index in [-0.39, 0.29) is 13.0 Å². The third kappa shape index (κ3) is 4.76. The number of benzene rings is 1. The van der Waals surface area contributed by atoms with Crippen LogP contribution in [0, 0.1) is 0 Å². The fraction of sp³-hybridized carbons (Fsp3) is 0.333. The number of aliphatic hydroxyl groups excluding tert-OH is 2. The molecular formula is C12H14O5. The summed E-state index contributed by atoms with van der Waals surface area (Å²) in [6.07, 6.45) is -1.18. The second-order valence-corrected chi connectivity index (χ2v) is 3.52. The van der Waals surface area contributed by atoms with Crippen molar-refractivity contribution in [3.05, 3.63) is 35.9 Å². The van der Waals surface area contributed by atoms with Crippen LogP contribution in [-0.4, -0.2) is 41.3 Å². The van der Waals surface area contributed by atoms with Crippen molar-refractivity contribution in [1.82, 2.24) is 0 Å². The zero-order valence-electron chi connectivity index (χ0n) is 9.20. The van der Waals surface area contributed by atoms with E-state index in [1.807, 2.05) is 6.07 Å². The number of Topliss-reactive ketones (excluding diaryl/α,β-unsaturated/α-hetero) is 1. The first-order chi connectivity index (χ1) is 8.13. The van der Waals surface area contributed by atoms with Crippen LogP contribution in [0.1, 0.15) is 5.56 Å². The van der Waals surface area contributed by atoms with Gasteiger partial charge in [-0.05, 0) is 5.56 Å². The molecule has 0 saturated heterocycles. The van der Waals surface area contributed by atoms with E-state index in [2.05, 4.69) is 4.74 Å². The molecule has 1 aromatic carbocycles. The van der Waals surface area contributed by atoms with Crippen LogP contribution in [0.4, 0.5) is 0 Å². The van der Waals surface area contributed by atoms with E-state index in [1.165, 1.54) is 0 Å².